The smallest absolute Gasteiger partial charge is 0.315 e. The summed E-state index contributed by atoms with van der Waals surface area (Å²) >= 11 is 0. The van der Waals surface area contributed by atoms with Crippen molar-refractivity contribution in [3.63, 3.8) is 0 Å². The summed E-state index contributed by atoms with van der Waals surface area (Å²) < 4.78 is 5.51. The van der Waals surface area contributed by atoms with Crippen LogP contribution in [0, 0.1) is 5.92 Å². The number of hydrogen-bond acceptors (Lipinski definition) is 5. The Kier molecular flexibility index (Phi) is 4.36. The van der Waals surface area contributed by atoms with Gasteiger partial charge in [-0.1, -0.05) is 31.8 Å². The second kappa shape index (κ2) is 6.00. The molecule has 0 unspecified atom stereocenters. The summed E-state index contributed by atoms with van der Waals surface area (Å²) in [6.45, 7) is 6.00. The first-order valence-corrected chi connectivity index (χ1v) is 6.61. The molecule has 1 aromatic heterocycles. The molecule has 5 heteroatoms. The molecule has 1 heterocycles. The summed E-state index contributed by atoms with van der Waals surface area (Å²) in [6.07, 6.45) is 4.89. The van der Waals surface area contributed by atoms with Crippen LogP contribution >= 0.6 is 0 Å². The van der Waals surface area contributed by atoms with E-state index in [4.69, 9.17) is 4.42 Å². The van der Waals surface area contributed by atoms with Crippen molar-refractivity contribution >= 4 is 6.01 Å². The Bertz CT molecular complexity index is 331. The van der Waals surface area contributed by atoms with E-state index in [1.165, 1.54) is 25.7 Å². The SMILES string of the molecule is CCC(CC)CNc1nnc(CNC2CC2)o1. The van der Waals surface area contributed by atoms with Crippen LogP contribution < -0.4 is 10.6 Å². The maximum atomic E-state index is 5.51. The van der Waals surface area contributed by atoms with Gasteiger partial charge in [-0.05, 0) is 18.8 Å². The van der Waals surface area contributed by atoms with Gasteiger partial charge >= 0.3 is 6.01 Å². The normalized spacial score (nSPS) is 15.5. The number of aromatic nitrogens is 2. The zero-order valence-electron chi connectivity index (χ0n) is 10.7. The molecule has 1 aliphatic rings. The van der Waals surface area contributed by atoms with Crippen molar-refractivity contribution in [1.82, 2.24) is 15.5 Å². The number of rotatable bonds is 8. The molecule has 5 nitrogen and oxygen atoms in total. The van der Waals surface area contributed by atoms with Crippen molar-refractivity contribution in [3.8, 4) is 0 Å². The van der Waals surface area contributed by atoms with Crippen molar-refractivity contribution in [2.45, 2.75) is 52.1 Å². The molecule has 0 radical (unpaired) electrons. The molecule has 0 aliphatic heterocycles. The van der Waals surface area contributed by atoms with Crippen LogP contribution in [0.3, 0.4) is 0 Å². The Morgan fingerprint density at radius 1 is 1.29 bits per heavy atom. The number of nitrogens with zero attached hydrogens (tertiary/aromatic N) is 2. The molecule has 0 aromatic carbocycles. The molecule has 2 N–H and O–H groups in total. The summed E-state index contributed by atoms with van der Waals surface area (Å²) in [5, 5.41) is 14.5. The van der Waals surface area contributed by atoms with Gasteiger partial charge in [0.2, 0.25) is 5.89 Å². The molecule has 1 fully saturated rings. The Hall–Kier alpha value is -1.10. The van der Waals surface area contributed by atoms with E-state index in [1.54, 1.807) is 0 Å². The zero-order valence-corrected chi connectivity index (χ0v) is 10.7. The molecule has 96 valence electrons. The van der Waals surface area contributed by atoms with Crippen LogP contribution in [-0.2, 0) is 6.54 Å². The maximum Gasteiger partial charge on any atom is 0.315 e. The predicted octanol–water partition coefficient (Wildman–Crippen LogP) is 2.17. The number of anilines is 1. The van der Waals surface area contributed by atoms with Crippen LogP contribution in [0.5, 0.6) is 0 Å². The third kappa shape index (κ3) is 4.00. The largest absolute Gasteiger partial charge is 0.407 e. The average molecular weight is 238 g/mol. The summed E-state index contributed by atoms with van der Waals surface area (Å²) in [7, 11) is 0. The van der Waals surface area contributed by atoms with Gasteiger partial charge < -0.3 is 15.1 Å². The highest BCUT2D eigenvalue weighted by Gasteiger charge is 2.21. The van der Waals surface area contributed by atoms with Crippen LogP contribution in [0.25, 0.3) is 0 Å². The predicted molar refractivity (Wildman–Crippen MR) is 66.7 cm³/mol. The van der Waals surface area contributed by atoms with E-state index in [2.05, 4.69) is 34.7 Å². The lowest BCUT2D eigenvalue weighted by Gasteiger charge is -2.11. The van der Waals surface area contributed by atoms with E-state index in [0.29, 0.717) is 30.4 Å². The van der Waals surface area contributed by atoms with Crippen molar-refractivity contribution in [1.29, 1.82) is 0 Å². The maximum absolute atomic E-state index is 5.51. The van der Waals surface area contributed by atoms with E-state index in [9.17, 15) is 0 Å². The van der Waals surface area contributed by atoms with Gasteiger partial charge in [0, 0.05) is 12.6 Å². The molecule has 1 aliphatic carbocycles. The van der Waals surface area contributed by atoms with Crippen molar-refractivity contribution in [2.75, 3.05) is 11.9 Å². The summed E-state index contributed by atoms with van der Waals surface area (Å²) in [5.74, 6) is 1.35. The molecule has 0 bridgehead atoms. The molecular formula is C12H22N4O. The first kappa shape index (κ1) is 12.4. The Labute approximate surface area is 102 Å². The molecule has 0 atom stereocenters. The number of nitrogens with one attached hydrogen (secondary N) is 2. The third-order valence-corrected chi connectivity index (χ3v) is 3.28. The van der Waals surface area contributed by atoms with Crippen LogP contribution in [-0.4, -0.2) is 22.8 Å². The Morgan fingerprint density at radius 3 is 2.71 bits per heavy atom. The minimum atomic E-state index is 0.546. The quantitative estimate of drug-likeness (QED) is 0.726. The van der Waals surface area contributed by atoms with Crippen LogP contribution in [0.4, 0.5) is 6.01 Å². The van der Waals surface area contributed by atoms with Crippen LogP contribution in [0.1, 0.15) is 45.4 Å². The fourth-order valence-corrected chi connectivity index (χ4v) is 1.72. The summed E-state index contributed by atoms with van der Waals surface area (Å²) in [6, 6.07) is 1.22. The minimum Gasteiger partial charge on any atom is -0.407 e. The van der Waals surface area contributed by atoms with E-state index >= 15 is 0 Å². The molecular weight excluding hydrogens is 216 g/mol. The lowest BCUT2D eigenvalue weighted by atomic mass is 10.0. The zero-order chi connectivity index (χ0) is 12.1. The standard InChI is InChI=1S/C12H22N4O/c1-3-9(4-2)7-14-12-16-15-11(17-12)8-13-10-5-6-10/h9-10,13H,3-8H2,1-2H3,(H,14,16). The number of hydrogen-bond donors (Lipinski definition) is 2. The van der Waals surface area contributed by atoms with E-state index < -0.39 is 0 Å². The molecule has 2 rings (SSSR count). The van der Waals surface area contributed by atoms with Crippen LogP contribution in [0.2, 0.25) is 0 Å². The molecule has 0 amide bonds. The third-order valence-electron chi connectivity index (χ3n) is 3.28. The highest BCUT2D eigenvalue weighted by molar-refractivity contribution is 5.16. The molecule has 1 saturated carbocycles. The second-order valence-corrected chi connectivity index (χ2v) is 4.72. The highest BCUT2D eigenvalue weighted by atomic mass is 16.4. The van der Waals surface area contributed by atoms with Gasteiger partial charge in [-0.2, -0.15) is 0 Å². The minimum absolute atomic E-state index is 0.546. The summed E-state index contributed by atoms with van der Waals surface area (Å²) in [5.41, 5.74) is 0. The lowest BCUT2D eigenvalue weighted by Crippen LogP contribution is -2.15. The Balaban J connectivity index is 1.72. The molecule has 0 spiro atoms. The van der Waals surface area contributed by atoms with Crippen molar-refractivity contribution in [2.24, 2.45) is 5.92 Å². The van der Waals surface area contributed by atoms with Crippen molar-refractivity contribution in [3.05, 3.63) is 5.89 Å². The lowest BCUT2D eigenvalue weighted by molar-refractivity contribution is 0.464. The van der Waals surface area contributed by atoms with Gasteiger partial charge in [-0.25, -0.2) is 0 Å². The second-order valence-electron chi connectivity index (χ2n) is 4.72. The first-order valence-electron chi connectivity index (χ1n) is 6.61. The molecule has 0 saturated heterocycles. The summed E-state index contributed by atoms with van der Waals surface area (Å²) in [4.78, 5) is 0. The molecule has 17 heavy (non-hydrogen) atoms. The van der Waals surface area contributed by atoms with E-state index in [-0.39, 0.29) is 0 Å². The van der Waals surface area contributed by atoms with Gasteiger partial charge in [-0.15, -0.1) is 5.10 Å². The van der Waals surface area contributed by atoms with Crippen molar-refractivity contribution < 1.29 is 4.42 Å². The topological polar surface area (TPSA) is 63.0 Å². The van der Waals surface area contributed by atoms with Gasteiger partial charge in [0.25, 0.3) is 0 Å². The van der Waals surface area contributed by atoms with Gasteiger partial charge in [0.15, 0.2) is 0 Å². The van der Waals surface area contributed by atoms with Gasteiger partial charge in [-0.3, -0.25) is 0 Å². The molecule has 1 aromatic rings. The fraction of sp³-hybridized carbons (Fsp3) is 0.833. The van der Waals surface area contributed by atoms with E-state index in [0.717, 1.165) is 6.54 Å². The van der Waals surface area contributed by atoms with Gasteiger partial charge in [0.1, 0.15) is 0 Å². The van der Waals surface area contributed by atoms with Gasteiger partial charge in [0.05, 0.1) is 6.54 Å². The van der Waals surface area contributed by atoms with Crippen LogP contribution in [0.15, 0.2) is 4.42 Å². The monoisotopic (exact) mass is 238 g/mol. The van der Waals surface area contributed by atoms with E-state index in [1.807, 2.05) is 0 Å². The average Bonchev–Trinajstić information content (AvgIpc) is 3.07. The first-order chi connectivity index (χ1) is 8.31. The highest BCUT2D eigenvalue weighted by Crippen LogP contribution is 2.19. The fourth-order valence-electron chi connectivity index (χ4n) is 1.72. The Morgan fingerprint density at radius 2 is 2.06 bits per heavy atom.